The highest BCUT2D eigenvalue weighted by Crippen LogP contribution is 2.13. The molecule has 0 aliphatic rings. The lowest BCUT2D eigenvalue weighted by atomic mass is 10.3. The zero-order valence-corrected chi connectivity index (χ0v) is 11.1. The molecule has 0 aliphatic heterocycles. The van der Waals surface area contributed by atoms with Crippen molar-refractivity contribution in [2.75, 3.05) is 12.4 Å². The monoisotopic (exact) mass is 272 g/mol. The van der Waals surface area contributed by atoms with Gasteiger partial charge in [0.25, 0.3) is 5.56 Å². The Labute approximate surface area is 113 Å². The summed E-state index contributed by atoms with van der Waals surface area (Å²) in [5, 5.41) is 4.86. The fraction of sp³-hybridized carbons (Fsp3) is 0.154. The first-order valence-corrected chi connectivity index (χ1v) is 6.72. The van der Waals surface area contributed by atoms with Crippen LogP contribution in [-0.2, 0) is 6.54 Å². The van der Waals surface area contributed by atoms with Crippen LogP contribution in [0.2, 0.25) is 0 Å². The molecule has 19 heavy (non-hydrogen) atoms. The Morgan fingerprint density at radius 1 is 1.37 bits per heavy atom. The molecule has 3 heterocycles. The molecule has 0 unspecified atom stereocenters. The third kappa shape index (κ3) is 2.22. The Balaban J connectivity index is 2.00. The van der Waals surface area contributed by atoms with Crippen LogP contribution in [0.5, 0.6) is 0 Å². The summed E-state index contributed by atoms with van der Waals surface area (Å²) in [7, 11) is 1.82. The van der Waals surface area contributed by atoms with Gasteiger partial charge in [-0.25, -0.2) is 9.97 Å². The van der Waals surface area contributed by atoms with Crippen molar-refractivity contribution in [1.29, 1.82) is 0 Å². The fourth-order valence-electron chi connectivity index (χ4n) is 1.87. The average Bonchev–Trinajstić information content (AvgIpc) is 2.91. The standard InChI is InChI=1S/C13H12N4OS/c1-14-11-4-2-3-9(16-11)7-17-8-15-10-5-6-19-12(10)13(17)18/h2-6,8H,7H2,1H3,(H,14,16). The molecule has 0 amide bonds. The minimum atomic E-state index is -0.0170. The van der Waals surface area contributed by atoms with Gasteiger partial charge in [0.1, 0.15) is 10.5 Å². The third-order valence-corrected chi connectivity index (χ3v) is 3.72. The van der Waals surface area contributed by atoms with Gasteiger partial charge >= 0.3 is 0 Å². The number of anilines is 1. The van der Waals surface area contributed by atoms with E-state index < -0.39 is 0 Å². The van der Waals surface area contributed by atoms with Crippen LogP contribution >= 0.6 is 11.3 Å². The molecule has 0 fully saturated rings. The van der Waals surface area contributed by atoms with Crippen molar-refractivity contribution in [1.82, 2.24) is 14.5 Å². The van der Waals surface area contributed by atoms with Crippen LogP contribution in [0.1, 0.15) is 5.69 Å². The molecule has 0 radical (unpaired) electrons. The summed E-state index contributed by atoms with van der Waals surface area (Å²) in [5.41, 5.74) is 1.56. The van der Waals surface area contributed by atoms with E-state index in [2.05, 4.69) is 15.3 Å². The highest BCUT2D eigenvalue weighted by atomic mass is 32.1. The molecule has 3 rings (SSSR count). The Hall–Kier alpha value is -2.21. The average molecular weight is 272 g/mol. The molecule has 0 aromatic carbocycles. The number of nitrogens with zero attached hydrogens (tertiary/aromatic N) is 3. The fourth-order valence-corrected chi connectivity index (χ4v) is 2.67. The summed E-state index contributed by atoms with van der Waals surface area (Å²) < 4.78 is 2.27. The lowest BCUT2D eigenvalue weighted by Gasteiger charge is -2.06. The lowest BCUT2D eigenvalue weighted by Crippen LogP contribution is -2.20. The summed E-state index contributed by atoms with van der Waals surface area (Å²) in [6.07, 6.45) is 1.57. The smallest absolute Gasteiger partial charge is 0.271 e. The van der Waals surface area contributed by atoms with Gasteiger partial charge in [-0.2, -0.15) is 0 Å². The third-order valence-electron chi connectivity index (χ3n) is 2.83. The van der Waals surface area contributed by atoms with E-state index in [9.17, 15) is 4.79 Å². The van der Waals surface area contributed by atoms with E-state index in [0.29, 0.717) is 11.2 Å². The van der Waals surface area contributed by atoms with E-state index >= 15 is 0 Å². The maximum Gasteiger partial charge on any atom is 0.271 e. The van der Waals surface area contributed by atoms with Gasteiger partial charge in [-0.15, -0.1) is 11.3 Å². The van der Waals surface area contributed by atoms with E-state index in [1.54, 1.807) is 10.9 Å². The molecule has 3 aromatic rings. The number of aromatic nitrogens is 3. The summed E-state index contributed by atoms with van der Waals surface area (Å²) in [6.45, 7) is 0.426. The summed E-state index contributed by atoms with van der Waals surface area (Å²) in [6, 6.07) is 7.54. The molecule has 96 valence electrons. The topological polar surface area (TPSA) is 59.8 Å². The number of hydrogen-bond acceptors (Lipinski definition) is 5. The van der Waals surface area contributed by atoms with Gasteiger partial charge in [-0.3, -0.25) is 9.36 Å². The van der Waals surface area contributed by atoms with Crippen LogP contribution in [0.25, 0.3) is 10.2 Å². The van der Waals surface area contributed by atoms with Crippen molar-refractivity contribution in [3.05, 3.63) is 52.0 Å². The van der Waals surface area contributed by atoms with Gasteiger partial charge in [0.2, 0.25) is 0 Å². The molecule has 0 bridgehead atoms. The number of thiophene rings is 1. The second-order valence-electron chi connectivity index (χ2n) is 4.08. The number of hydrogen-bond donors (Lipinski definition) is 1. The van der Waals surface area contributed by atoms with Crippen LogP contribution in [0, 0.1) is 0 Å². The highest BCUT2D eigenvalue weighted by molar-refractivity contribution is 7.17. The first kappa shape index (κ1) is 11.9. The maximum absolute atomic E-state index is 12.2. The summed E-state index contributed by atoms with van der Waals surface area (Å²) in [5.74, 6) is 0.788. The van der Waals surface area contributed by atoms with Gasteiger partial charge in [0.15, 0.2) is 0 Å². The van der Waals surface area contributed by atoms with Crippen molar-refractivity contribution in [3.63, 3.8) is 0 Å². The second-order valence-corrected chi connectivity index (χ2v) is 4.99. The van der Waals surface area contributed by atoms with Gasteiger partial charge in [-0.1, -0.05) is 6.07 Å². The molecule has 0 saturated heterocycles. The SMILES string of the molecule is CNc1cccc(Cn2cnc3ccsc3c2=O)n1. The van der Waals surface area contributed by atoms with Crippen molar-refractivity contribution in [2.45, 2.75) is 6.54 Å². The van der Waals surface area contributed by atoms with E-state index in [1.165, 1.54) is 11.3 Å². The lowest BCUT2D eigenvalue weighted by molar-refractivity contribution is 0.732. The molecule has 5 nitrogen and oxygen atoms in total. The Kier molecular flexibility index (Phi) is 3.00. The van der Waals surface area contributed by atoms with Crippen LogP contribution < -0.4 is 10.9 Å². The molecular formula is C13H12N4OS. The van der Waals surface area contributed by atoms with Crippen LogP contribution in [0.3, 0.4) is 0 Å². The Morgan fingerprint density at radius 3 is 3.11 bits per heavy atom. The van der Waals surface area contributed by atoms with Crippen LogP contribution in [-0.4, -0.2) is 21.6 Å². The first-order chi connectivity index (χ1) is 9.28. The van der Waals surface area contributed by atoms with Gasteiger partial charge in [-0.05, 0) is 23.6 Å². The number of nitrogens with one attached hydrogen (secondary N) is 1. The minimum Gasteiger partial charge on any atom is -0.373 e. The minimum absolute atomic E-state index is 0.0170. The predicted molar refractivity (Wildman–Crippen MR) is 76.8 cm³/mol. The highest BCUT2D eigenvalue weighted by Gasteiger charge is 2.06. The van der Waals surface area contributed by atoms with Crippen molar-refractivity contribution >= 4 is 27.4 Å². The quantitative estimate of drug-likeness (QED) is 0.791. The Bertz CT molecular complexity index is 777. The molecule has 0 aliphatic carbocycles. The molecule has 0 spiro atoms. The molecule has 1 N–H and O–H groups in total. The second kappa shape index (κ2) is 4.81. The van der Waals surface area contributed by atoms with Gasteiger partial charge in [0.05, 0.1) is 24.1 Å². The largest absolute Gasteiger partial charge is 0.373 e. The first-order valence-electron chi connectivity index (χ1n) is 5.84. The molecule has 0 atom stereocenters. The number of rotatable bonds is 3. The van der Waals surface area contributed by atoms with Gasteiger partial charge in [0, 0.05) is 7.05 Å². The zero-order valence-electron chi connectivity index (χ0n) is 10.3. The van der Waals surface area contributed by atoms with Gasteiger partial charge < -0.3 is 5.32 Å². The molecular weight excluding hydrogens is 260 g/mol. The van der Waals surface area contributed by atoms with Crippen molar-refractivity contribution in [2.24, 2.45) is 0 Å². The number of fused-ring (bicyclic) bond motifs is 1. The van der Waals surface area contributed by atoms with Crippen molar-refractivity contribution < 1.29 is 0 Å². The molecule has 6 heteroatoms. The van der Waals surface area contributed by atoms with Crippen molar-refractivity contribution in [3.8, 4) is 0 Å². The molecule has 0 saturated carbocycles. The van der Waals surface area contributed by atoms with E-state index in [0.717, 1.165) is 17.0 Å². The Morgan fingerprint density at radius 2 is 2.26 bits per heavy atom. The predicted octanol–water partition coefficient (Wildman–Crippen LogP) is 1.94. The summed E-state index contributed by atoms with van der Waals surface area (Å²) in [4.78, 5) is 20.9. The molecule has 3 aromatic heterocycles. The van der Waals surface area contributed by atoms with Crippen LogP contribution in [0.15, 0.2) is 40.8 Å². The van der Waals surface area contributed by atoms with E-state index in [-0.39, 0.29) is 5.56 Å². The van der Waals surface area contributed by atoms with Crippen LogP contribution in [0.4, 0.5) is 5.82 Å². The normalized spacial score (nSPS) is 10.8. The summed E-state index contributed by atoms with van der Waals surface area (Å²) >= 11 is 1.42. The van der Waals surface area contributed by atoms with E-state index in [1.807, 2.05) is 36.7 Å². The zero-order chi connectivity index (χ0) is 13.2. The number of pyridine rings is 1. The van der Waals surface area contributed by atoms with E-state index in [4.69, 9.17) is 0 Å². The maximum atomic E-state index is 12.2.